The van der Waals surface area contributed by atoms with E-state index < -0.39 is 0 Å². The first-order valence-electron chi connectivity index (χ1n) is 5.53. The Labute approximate surface area is 106 Å². The molecule has 6 nitrogen and oxygen atoms in total. The Hall–Kier alpha value is -2.37. The second kappa shape index (κ2) is 5.31. The zero-order valence-corrected chi connectivity index (χ0v) is 10.6. The summed E-state index contributed by atoms with van der Waals surface area (Å²) in [7, 11) is 5.48. The van der Waals surface area contributed by atoms with E-state index in [2.05, 4.69) is 20.3 Å². The van der Waals surface area contributed by atoms with Crippen LogP contribution in [0.5, 0.6) is 11.8 Å². The fourth-order valence-corrected chi connectivity index (χ4v) is 1.30. The molecule has 0 atom stereocenters. The van der Waals surface area contributed by atoms with E-state index in [-0.39, 0.29) is 6.01 Å². The van der Waals surface area contributed by atoms with Crippen molar-refractivity contribution >= 4 is 11.9 Å². The number of para-hydroxylation sites is 1. The van der Waals surface area contributed by atoms with E-state index in [4.69, 9.17) is 4.74 Å². The molecule has 0 saturated carbocycles. The van der Waals surface area contributed by atoms with Crippen molar-refractivity contribution in [3.8, 4) is 11.8 Å². The summed E-state index contributed by atoms with van der Waals surface area (Å²) in [5, 5.41) is 2.88. The second-order valence-corrected chi connectivity index (χ2v) is 3.80. The number of nitrogens with one attached hydrogen (secondary N) is 1. The van der Waals surface area contributed by atoms with Gasteiger partial charge < -0.3 is 15.0 Å². The van der Waals surface area contributed by atoms with Crippen molar-refractivity contribution in [2.24, 2.45) is 0 Å². The van der Waals surface area contributed by atoms with Gasteiger partial charge in [-0.2, -0.15) is 15.0 Å². The van der Waals surface area contributed by atoms with Gasteiger partial charge in [0.15, 0.2) is 0 Å². The Morgan fingerprint density at radius 3 is 2.39 bits per heavy atom. The number of hydrogen-bond acceptors (Lipinski definition) is 6. The molecule has 0 radical (unpaired) electrons. The van der Waals surface area contributed by atoms with Crippen molar-refractivity contribution in [1.29, 1.82) is 0 Å². The van der Waals surface area contributed by atoms with E-state index in [0.717, 1.165) is 0 Å². The van der Waals surface area contributed by atoms with Crippen LogP contribution in [0.2, 0.25) is 0 Å². The topological polar surface area (TPSA) is 63.2 Å². The highest BCUT2D eigenvalue weighted by Crippen LogP contribution is 2.19. The number of nitrogens with zero attached hydrogens (tertiary/aromatic N) is 4. The van der Waals surface area contributed by atoms with Gasteiger partial charge in [0.1, 0.15) is 5.75 Å². The van der Waals surface area contributed by atoms with Gasteiger partial charge in [0, 0.05) is 21.1 Å². The van der Waals surface area contributed by atoms with Gasteiger partial charge in [-0.25, -0.2) is 0 Å². The van der Waals surface area contributed by atoms with Crippen LogP contribution < -0.4 is 15.0 Å². The van der Waals surface area contributed by atoms with Crippen LogP contribution in [0.3, 0.4) is 0 Å². The average Bonchev–Trinajstić information content (AvgIpc) is 2.39. The van der Waals surface area contributed by atoms with Gasteiger partial charge in [-0.15, -0.1) is 0 Å². The van der Waals surface area contributed by atoms with Crippen LogP contribution in [0, 0.1) is 0 Å². The molecule has 1 aromatic carbocycles. The quantitative estimate of drug-likeness (QED) is 0.885. The molecule has 0 aliphatic rings. The van der Waals surface area contributed by atoms with Gasteiger partial charge in [-0.3, -0.25) is 0 Å². The zero-order chi connectivity index (χ0) is 13.0. The normalized spacial score (nSPS) is 9.94. The average molecular weight is 245 g/mol. The molecule has 0 amide bonds. The van der Waals surface area contributed by atoms with Crippen LogP contribution in [-0.2, 0) is 0 Å². The monoisotopic (exact) mass is 245 g/mol. The molecule has 0 fully saturated rings. The van der Waals surface area contributed by atoms with Crippen molar-refractivity contribution < 1.29 is 4.74 Å². The first-order chi connectivity index (χ1) is 8.69. The Balaban J connectivity index is 2.30. The fourth-order valence-electron chi connectivity index (χ4n) is 1.30. The smallest absolute Gasteiger partial charge is 0.328 e. The maximum Gasteiger partial charge on any atom is 0.328 e. The Morgan fingerprint density at radius 1 is 1.06 bits per heavy atom. The van der Waals surface area contributed by atoms with Gasteiger partial charge in [-0.1, -0.05) is 18.2 Å². The fraction of sp³-hybridized carbons (Fsp3) is 0.250. The minimum Gasteiger partial charge on any atom is -0.424 e. The van der Waals surface area contributed by atoms with Crippen LogP contribution in [0.1, 0.15) is 0 Å². The van der Waals surface area contributed by atoms with Gasteiger partial charge >= 0.3 is 6.01 Å². The van der Waals surface area contributed by atoms with E-state index in [1.54, 1.807) is 11.9 Å². The Morgan fingerprint density at radius 2 is 1.78 bits per heavy atom. The lowest BCUT2D eigenvalue weighted by Gasteiger charge is -2.12. The summed E-state index contributed by atoms with van der Waals surface area (Å²) in [6.07, 6.45) is 0. The second-order valence-electron chi connectivity index (χ2n) is 3.80. The van der Waals surface area contributed by atoms with E-state index in [0.29, 0.717) is 17.6 Å². The summed E-state index contributed by atoms with van der Waals surface area (Å²) in [5.74, 6) is 1.70. The van der Waals surface area contributed by atoms with Crippen LogP contribution in [0.15, 0.2) is 30.3 Å². The van der Waals surface area contributed by atoms with Crippen LogP contribution in [0.25, 0.3) is 0 Å². The highest BCUT2D eigenvalue weighted by atomic mass is 16.5. The lowest BCUT2D eigenvalue weighted by molar-refractivity contribution is 0.440. The molecule has 1 N–H and O–H groups in total. The van der Waals surface area contributed by atoms with Crippen molar-refractivity contribution in [2.45, 2.75) is 0 Å². The minimum absolute atomic E-state index is 0.268. The van der Waals surface area contributed by atoms with Gasteiger partial charge in [0.2, 0.25) is 11.9 Å². The molecule has 0 spiro atoms. The summed E-state index contributed by atoms with van der Waals surface area (Å²) in [4.78, 5) is 14.4. The molecule has 0 unspecified atom stereocenters. The van der Waals surface area contributed by atoms with Gasteiger partial charge in [-0.05, 0) is 12.1 Å². The third kappa shape index (κ3) is 2.85. The lowest BCUT2D eigenvalue weighted by Crippen LogP contribution is -2.15. The van der Waals surface area contributed by atoms with Crippen molar-refractivity contribution in [3.05, 3.63) is 30.3 Å². The SMILES string of the molecule is CNc1nc(Oc2ccccc2)nc(N(C)C)n1. The molecule has 1 heterocycles. The summed E-state index contributed by atoms with van der Waals surface area (Å²) >= 11 is 0. The van der Waals surface area contributed by atoms with Crippen LogP contribution >= 0.6 is 0 Å². The maximum absolute atomic E-state index is 5.58. The third-order valence-electron chi connectivity index (χ3n) is 2.18. The van der Waals surface area contributed by atoms with E-state index >= 15 is 0 Å². The molecule has 2 aromatic rings. The number of benzene rings is 1. The highest BCUT2D eigenvalue weighted by Gasteiger charge is 2.08. The van der Waals surface area contributed by atoms with Crippen molar-refractivity contribution in [2.75, 3.05) is 31.4 Å². The molecule has 2 rings (SSSR count). The first-order valence-corrected chi connectivity index (χ1v) is 5.53. The van der Waals surface area contributed by atoms with E-state index in [9.17, 15) is 0 Å². The first kappa shape index (κ1) is 12.1. The molecule has 0 bridgehead atoms. The van der Waals surface area contributed by atoms with Crippen LogP contribution in [0.4, 0.5) is 11.9 Å². The molecule has 6 heteroatoms. The lowest BCUT2D eigenvalue weighted by atomic mass is 10.3. The molecule has 94 valence electrons. The molecular weight excluding hydrogens is 230 g/mol. The van der Waals surface area contributed by atoms with Crippen molar-refractivity contribution in [1.82, 2.24) is 15.0 Å². The van der Waals surface area contributed by atoms with Gasteiger partial charge in [0.05, 0.1) is 0 Å². The zero-order valence-electron chi connectivity index (χ0n) is 10.6. The summed E-state index contributed by atoms with van der Waals surface area (Å²) < 4.78 is 5.58. The maximum atomic E-state index is 5.58. The largest absolute Gasteiger partial charge is 0.424 e. The summed E-state index contributed by atoms with van der Waals surface area (Å²) in [5.41, 5.74) is 0. The van der Waals surface area contributed by atoms with Crippen molar-refractivity contribution in [3.63, 3.8) is 0 Å². The number of aromatic nitrogens is 3. The standard InChI is InChI=1S/C12H15N5O/c1-13-10-14-11(17(2)3)16-12(15-10)18-9-7-5-4-6-8-9/h4-8H,1-3H3,(H,13,14,15,16). The molecule has 18 heavy (non-hydrogen) atoms. The molecule has 0 aliphatic heterocycles. The predicted molar refractivity (Wildman–Crippen MR) is 70.2 cm³/mol. The number of rotatable bonds is 4. The van der Waals surface area contributed by atoms with E-state index in [1.165, 1.54) is 0 Å². The summed E-state index contributed by atoms with van der Waals surface area (Å²) in [6.45, 7) is 0. The highest BCUT2D eigenvalue weighted by molar-refractivity contribution is 5.37. The third-order valence-corrected chi connectivity index (χ3v) is 2.18. The minimum atomic E-state index is 0.268. The van der Waals surface area contributed by atoms with E-state index in [1.807, 2.05) is 44.4 Å². The molecule has 0 aliphatic carbocycles. The van der Waals surface area contributed by atoms with Crippen LogP contribution in [-0.4, -0.2) is 36.1 Å². The van der Waals surface area contributed by atoms with Gasteiger partial charge in [0.25, 0.3) is 0 Å². The molecular formula is C12H15N5O. The molecule has 0 saturated heterocycles. The number of ether oxygens (including phenoxy) is 1. The predicted octanol–water partition coefficient (Wildman–Crippen LogP) is 1.77. The number of anilines is 2. The number of hydrogen-bond donors (Lipinski definition) is 1. The Kier molecular flexibility index (Phi) is 3.57. The Bertz CT molecular complexity index is 515. The summed E-state index contributed by atoms with van der Waals surface area (Å²) in [6, 6.07) is 9.66. The molecule has 1 aromatic heterocycles.